The van der Waals surface area contributed by atoms with Crippen molar-refractivity contribution in [2.24, 2.45) is 0 Å². The third-order valence-corrected chi connectivity index (χ3v) is 5.53. The van der Waals surface area contributed by atoms with E-state index in [0.29, 0.717) is 5.75 Å². The molecule has 0 bridgehead atoms. The molecule has 2 aromatic heterocycles. The lowest BCUT2D eigenvalue weighted by atomic mass is 10.2. The first kappa shape index (κ1) is 15.1. The highest BCUT2D eigenvalue weighted by Crippen LogP contribution is 2.25. The number of nitrogens with one attached hydrogen (secondary N) is 1. The van der Waals surface area contributed by atoms with Crippen LogP contribution >= 0.6 is 23.1 Å². The number of benzene rings is 1. The fraction of sp³-hybridized carbons (Fsp3) is 0.250. The van der Waals surface area contributed by atoms with E-state index in [9.17, 15) is 4.79 Å². The number of rotatable bonds is 5. The molecule has 0 saturated heterocycles. The fourth-order valence-electron chi connectivity index (χ4n) is 2.17. The van der Waals surface area contributed by atoms with E-state index in [0.717, 1.165) is 16.2 Å². The molecule has 6 heteroatoms. The van der Waals surface area contributed by atoms with Gasteiger partial charge in [-0.15, -0.1) is 11.3 Å². The van der Waals surface area contributed by atoms with Gasteiger partial charge in [0, 0.05) is 11.9 Å². The van der Waals surface area contributed by atoms with Gasteiger partial charge in [-0.2, -0.15) is 0 Å². The molecule has 22 heavy (non-hydrogen) atoms. The molecule has 0 saturated carbocycles. The van der Waals surface area contributed by atoms with E-state index in [-0.39, 0.29) is 11.9 Å². The van der Waals surface area contributed by atoms with Crippen molar-refractivity contribution in [2.75, 3.05) is 12.8 Å². The maximum atomic E-state index is 12.3. The minimum Gasteiger partial charge on any atom is -0.337 e. The number of hydrogen-bond donors (Lipinski definition) is 1. The zero-order valence-electron chi connectivity index (χ0n) is 12.4. The van der Waals surface area contributed by atoms with Crippen molar-refractivity contribution in [2.45, 2.75) is 18.1 Å². The summed E-state index contributed by atoms with van der Waals surface area (Å²) in [5, 5.41) is 2.82. The molecule has 2 heterocycles. The van der Waals surface area contributed by atoms with Gasteiger partial charge in [0.05, 0.1) is 22.8 Å². The van der Waals surface area contributed by atoms with Crippen LogP contribution in [0.15, 0.2) is 46.9 Å². The van der Waals surface area contributed by atoms with Crippen molar-refractivity contribution in [1.29, 1.82) is 0 Å². The molecule has 3 aromatic rings. The summed E-state index contributed by atoms with van der Waals surface area (Å²) in [7, 11) is 1.85. The normalized spacial score (nSPS) is 12.5. The minimum absolute atomic E-state index is 0.101. The molecule has 1 aromatic carbocycles. The highest BCUT2D eigenvalue weighted by molar-refractivity contribution is 7.99. The Morgan fingerprint density at radius 1 is 1.36 bits per heavy atom. The van der Waals surface area contributed by atoms with Crippen molar-refractivity contribution < 1.29 is 4.79 Å². The maximum Gasteiger partial charge on any atom is 0.233 e. The summed E-state index contributed by atoms with van der Waals surface area (Å²) in [6, 6.07) is 12.0. The molecule has 1 amide bonds. The number of hydrogen-bond acceptors (Lipinski definition) is 4. The monoisotopic (exact) mass is 331 g/mol. The fourth-order valence-corrected chi connectivity index (χ4v) is 3.80. The van der Waals surface area contributed by atoms with Crippen molar-refractivity contribution in [3.05, 3.63) is 46.7 Å². The van der Waals surface area contributed by atoms with Gasteiger partial charge in [-0.25, -0.2) is 4.98 Å². The number of aromatic nitrogens is 2. The largest absolute Gasteiger partial charge is 0.337 e. The number of para-hydroxylation sites is 2. The molecule has 0 spiro atoms. The summed E-state index contributed by atoms with van der Waals surface area (Å²) in [4.78, 5) is 23.0. The third kappa shape index (κ3) is 3.18. The van der Waals surface area contributed by atoms with E-state index in [1.54, 1.807) is 16.2 Å². The molecule has 0 unspecified atom stereocenters. The molecular weight excluding hydrogens is 314 g/mol. The maximum absolute atomic E-state index is 12.3. The van der Waals surface area contributed by atoms with E-state index in [1.165, 1.54) is 16.6 Å². The predicted octanol–water partition coefficient (Wildman–Crippen LogP) is 3.94. The van der Waals surface area contributed by atoms with Crippen LogP contribution in [-0.4, -0.2) is 33.6 Å². The molecule has 0 fully saturated rings. The van der Waals surface area contributed by atoms with Gasteiger partial charge >= 0.3 is 0 Å². The number of thiophene rings is 1. The van der Waals surface area contributed by atoms with E-state index in [2.05, 4.69) is 23.0 Å². The number of aromatic amines is 1. The smallest absolute Gasteiger partial charge is 0.233 e. The second kappa shape index (κ2) is 6.54. The number of carbonyl (C=O) groups is 1. The van der Waals surface area contributed by atoms with E-state index < -0.39 is 0 Å². The SMILES string of the molecule is C[C@@H](c1cccs1)N(C)C(=O)CSc1nc2ccccc2[nH]1. The number of imidazole rings is 1. The predicted molar refractivity (Wildman–Crippen MR) is 92.3 cm³/mol. The molecule has 0 radical (unpaired) electrons. The summed E-state index contributed by atoms with van der Waals surface area (Å²) in [5.74, 6) is 0.484. The first-order chi connectivity index (χ1) is 10.6. The Balaban J connectivity index is 1.61. The van der Waals surface area contributed by atoms with Gasteiger partial charge in [0.1, 0.15) is 0 Å². The molecule has 0 aliphatic rings. The highest BCUT2D eigenvalue weighted by atomic mass is 32.2. The molecule has 1 N–H and O–H groups in total. The lowest BCUT2D eigenvalue weighted by molar-refractivity contribution is -0.128. The van der Waals surface area contributed by atoms with Gasteiger partial charge in [-0.1, -0.05) is 30.0 Å². The summed E-state index contributed by atoms with van der Waals surface area (Å²) < 4.78 is 0. The third-order valence-electron chi connectivity index (χ3n) is 3.63. The summed E-state index contributed by atoms with van der Waals surface area (Å²) in [6.07, 6.45) is 0. The molecule has 3 rings (SSSR count). The second-order valence-electron chi connectivity index (χ2n) is 5.04. The molecule has 0 aliphatic carbocycles. The van der Waals surface area contributed by atoms with Crippen LogP contribution in [0.2, 0.25) is 0 Å². The molecule has 4 nitrogen and oxygen atoms in total. The van der Waals surface area contributed by atoms with Gasteiger partial charge in [-0.3, -0.25) is 4.79 Å². The lowest BCUT2D eigenvalue weighted by Gasteiger charge is -2.23. The Bertz CT molecular complexity index is 734. The van der Waals surface area contributed by atoms with Crippen LogP contribution < -0.4 is 0 Å². The Labute approximate surface area is 137 Å². The molecule has 1 atom stereocenters. The van der Waals surface area contributed by atoms with Crippen molar-refractivity contribution in [1.82, 2.24) is 14.9 Å². The Morgan fingerprint density at radius 3 is 2.91 bits per heavy atom. The van der Waals surface area contributed by atoms with Crippen LogP contribution in [0.25, 0.3) is 11.0 Å². The molecule has 114 valence electrons. The van der Waals surface area contributed by atoms with Crippen LogP contribution in [0.5, 0.6) is 0 Å². The van der Waals surface area contributed by atoms with Crippen molar-refractivity contribution in [3.8, 4) is 0 Å². The Kier molecular flexibility index (Phi) is 4.49. The van der Waals surface area contributed by atoms with E-state index >= 15 is 0 Å². The number of nitrogens with zero attached hydrogens (tertiary/aromatic N) is 2. The highest BCUT2D eigenvalue weighted by Gasteiger charge is 2.18. The number of H-pyrrole nitrogens is 1. The number of fused-ring (bicyclic) bond motifs is 1. The van der Waals surface area contributed by atoms with Crippen LogP contribution in [0.4, 0.5) is 0 Å². The lowest BCUT2D eigenvalue weighted by Crippen LogP contribution is -2.30. The van der Waals surface area contributed by atoms with E-state index in [1.807, 2.05) is 42.8 Å². The summed E-state index contributed by atoms with van der Waals surface area (Å²) >= 11 is 3.12. The van der Waals surface area contributed by atoms with Crippen LogP contribution in [0.1, 0.15) is 17.8 Å². The summed E-state index contributed by atoms with van der Waals surface area (Å²) in [5.41, 5.74) is 1.93. The average Bonchev–Trinajstić information content (AvgIpc) is 3.19. The van der Waals surface area contributed by atoms with Gasteiger partial charge < -0.3 is 9.88 Å². The van der Waals surface area contributed by atoms with E-state index in [4.69, 9.17) is 0 Å². The van der Waals surface area contributed by atoms with Gasteiger partial charge in [0.15, 0.2) is 5.16 Å². The topological polar surface area (TPSA) is 49.0 Å². The van der Waals surface area contributed by atoms with Crippen LogP contribution in [0.3, 0.4) is 0 Å². The van der Waals surface area contributed by atoms with Crippen molar-refractivity contribution in [3.63, 3.8) is 0 Å². The van der Waals surface area contributed by atoms with Gasteiger partial charge in [0.2, 0.25) is 5.91 Å². The number of thioether (sulfide) groups is 1. The Morgan fingerprint density at radius 2 is 2.18 bits per heavy atom. The zero-order chi connectivity index (χ0) is 15.5. The Hall–Kier alpha value is -1.79. The number of carbonyl (C=O) groups excluding carboxylic acids is 1. The second-order valence-corrected chi connectivity index (χ2v) is 6.99. The first-order valence-corrected chi connectivity index (χ1v) is 8.88. The van der Waals surface area contributed by atoms with Crippen LogP contribution in [-0.2, 0) is 4.79 Å². The minimum atomic E-state index is 0.101. The van der Waals surface area contributed by atoms with Gasteiger partial charge in [0.25, 0.3) is 0 Å². The first-order valence-electron chi connectivity index (χ1n) is 7.02. The average molecular weight is 331 g/mol. The van der Waals surface area contributed by atoms with Crippen molar-refractivity contribution >= 4 is 40.0 Å². The number of amides is 1. The van der Waals surface area contributed by atoms with Crippen LogP contribution in [0, 0.1) is 0 Å². The van der Waals surface area contributed by atoms with Gasteiger partial charge in [-0.05, 0) is 30.5 Å². The quantitative estimate of drug-likeness (QED) is 0.721. The standard InChI is InChI=1S/C16H17N3OS2/c1-11(14-8-5-9-21-14)19(2)15(20)10-22-16-17-12-6-3-4-7-13(12)18-16/h3-9,11H,10H2,1-2H3,(H,17,18)/t11-/m0/s1. The summed E-state index contributed by atoms with van der Waals surface area (Å²) in [6.45, 7) is 2.05. The zero-order valence-corrected chi connectivity index (χ0v) is 14.1. The molecular formula is C16H17N3OS2. The molecule has 0 aliphatic heterocycles.